The Morgan fingerprint density at radius 1 is 1.07 bits per heavy atom. The third kappa shape index (κ3) is 4.33. The number of nitrogens with zero attached hydrogens (tertiary/aromatic N) is 4. The molecule has 0 bridgehead atoms. The van der Waals surface area contributed by atoms with E-state index in [0.29, 0.717) is 18.7 Å². The van der Waals surface area contributed by atoms with Gasteiger partial charge in [-0.05, 0) is 37.3 Å². The van der Waals surface area contributed by atoms with E-state index in [1.165, 1.54) is 0 Å². The molecule has 4 rings (SSSR count). The lowest BCUT2D eigenvalue weighted by Gasteiger charge is -2.19. The summed E-state index contributed by atoms with van der Waals surface area (Å²) < 4.78 is 1.88. The number of benzene rings is 2. The highest BCUT2D eigenvalue weighted by Gasteiger charge is 2.14. The second kappa shape index (κ2) is 8.78. The fourth-order valence-corrected chi connectivity index (χ4v) is 3.46. The van der Waals surface area contributed by atoms with Gasteiger partial charge in [0.1, 0.15) is 0 Å². The number of hydrogen-bond donors (Lipinski definition) is 1. The van der Waals surface area contributed by atoms with Crippen molar-refractivity contribution >= 4 is 22.5 Å². The van der Waals surface area contributed by atoms with Gasteiger partial charge in [-0.3, -0.25) is 14.5 Å². The van der Waals surface area contributed by atoms with E-state index in [0.717, 1.165) is 34.5 Å². The average molecular weight is 399 g/mol. The predicted octanol–water partition coefficient (Wildman–Crippen LogP) is 3.65. The lowest BCUT2D eigenvalue weighted by Crippen LogP contribution is -2.33. The van der Waals surface area contributed by atoms with Gasteiger partial charge >= 0.3 is 0 Å². The Kier molecular flexibility index (Phi) is 5.75. The van der Waals surface area contributed by atoms with Crippen molar-refractivity contribution in [1.82, 2.24) is 20.1 Å². The number of fused-ring (bicyclic) bond motifs is 1. The highest BCUT2D eigenvalue weighted by molar-refractivity contribution is 6.06. The second-order valence-corrected chi connectivity index (χ2v) is 7.32. The Morgan fingerprint density at radius 2 is 1.83 bits per heavy atom. The largest absolute Gasteiger partial charge is 0.373 e. The molecule has 0 spiro atoms. The van der Waals surface area contributed by atoms with Crippen molar-refractivity contribution < 1.29 is 4.79 Å². The van der Waals surface area contributed by atoms with E-state index in [2.05, 4.69) is 27.4 Å². The summed E-state index contributed by atoms with van der Waals surface area (Å²) in [5.41, 5.74) is 4.44. The number of likely N-dealkylation sites (N-methyl/N-ethyl adjacent to an activating group) is 1. The normalized spacial score (nSPS) is 10.9. The summed E-state index contributed by atoms with van der Waals surface area (Å²) in [6.45, 7) is 3.80. The van der Waals surface area contributed by atoms with Crippen LogP contribution in [0.4, 0.5) is 5.69 Å². The summed E-state index contributed by atoms with van der Waals surface area (Å²) in [5.74, 6) is -0.0894. The molecule has 0 aliphatic carbocycles. The summed E-state index contributed by atoms with van der Waals surface area (Å²) in [6.07, 6.45) is 1.77. The molecule has 0 aliphatic rings. The zero-order chi connectivity index (χ0) is 20.9. The fraction of sp³-hybridized carbons (Fsp3) is 0.208. The van der Waals surface area contributed by atoms with E-state index in [-0.39, 0.29) is 5.91 Å². The number of carbonyl (C=O) groups is 1. The summed E-state index contributed by atoms with van der Waals surface area (Å²) in [5, 5.41) is 8.25. The minimum atomic E-state index is -0.0894. The number of nitrogens with one attached hydrogen (secondary N) is 1. The van der Waals surface area contributed by atoms with Gasteiger partial charge < -0.3 is 10.2 Å². The predicted molar refractivity (Wildman–Crippen MR) is 120 cm³/mol. The number of anilines is 1. The van der Waals surface area contributed by atoms with Gasteiger partial charge in [-0.25, -0.2) is 0 Å². The molecule has 1 N–H and O–H groups in total. The Hall–Kier alpha value is -3.67. The molecule has 0 radical (unpaired) electrons. The van der Waals surface area contributed by atoms with Crippen LogP contribution in [0.2, 0.25) is 0 Å². The van der Waals surface area contributed by atoms with Crippen molar-refractivity contribution in [3.8, 4) is 0 Å². The van der Waals surface area contributed by atoms with E-state index < -0.39 is 0 Å². The molecule has 0 saturated heterocycles. The van der Waals surface area contributed by atoms with Crippen molar-refractivity contribution in [2.75, 3.05) is 25.0 Å². The third-order valence-corrected chi connectivity index (χ3v) is 5.18. The van der Waals surface area contributed by atoms with Crippen molar-refractivity contribution in [3.05, 3.63) is 89.9 Å². The Bertz CT molecular complexity index is 1150. The van der Waals surface area contributed by atoms with E-state index >= 15 is 0 Å². The van der Waals surface area contributed by atoms with Gasteiger partial charge in [-0.15, -0.1) is 0 Å². The first-order valence-corrected chi connectivity index (χ1v) is 10.0. The molecule has 152 valence electrons. The maximum atomic E-state index is 13.0. The van der Waals surface area contributed by atoms with Gasteiger partial charge in [0.15, 0.2) is 0 Å². The molecule has 0 aliphatic heterocycles. The Balaban J connectivity index is 1.51. The third-order valence-electron chi connectivity index (χ3n) is 5.18. The molecule has 0 fully saturated rings. The molecule has 0 saturated carbocycles. The zero-order valence-electron chi connectivity index (χ0n) is 17.2. The van der Waals surface area contributed by atoms with Crippen molar-refractivity contribution in [3.63, 3.8) is 0 Å². The van der Waals surface area contributed by atoms with E-state index in [1.807, 2.05) is 73.3 Å². The lowest BCUT2D eigenvalue weighted by molar-refractivity contribution is 0.0956. The van der Waals surface area contributed by atoms with Gasteiger partial charge in [-0.2, -0.15) is 5.10 Å². The van der Waals surface area contributed by atoms with Gasteiger partial charge in [0.25, 0.3) is 5.91 Å². The molecule has 2 aromatic carbocycles. The average Bonchev–Trinajstić information content (AvgIpc) is 3.18. The van der Waals surface area contributed by atoms with Gasteiger partial charge in [0, 0.05) is 43.1 Å². The molecule has 4 aromatic rings. The maximum absolute atomic E-state index is 13.0. The van der Waals surface area contributed by atoms with Gasteiger partial charge in [0.05, 0.1) is 23.3 Å². The van der Waals surface area contributed by atoms with Crippen molar-refractivity contribution in [2.45, 2.75) is 13.5 Å². The first-order valence-electron chi connectivity index (χ1n) is 10.0. The molecular weight excluding hydrogens is 374 g/mol. The summed E-state index contributed by atoms with van der Waals surface area (Å²) in [4.78, 5) is 19.9. The van der Waals surface area contributed by atoms with Crippen molar-refractivity contribution in [1.29, 1.82) is 0 Å². The van der Waals surface area contributed by atoms with Crippen LogP contribution in [0.1, 0.15) is 21.7 Å². The van der Waals surface area contributed by atoms with Crippen LogP contribution in [0.25, 0.3) is 10.9 Å². The quantitative estimate of drug-likeness (QED) is 0.515. The van der Waals surface area contributed by atoms with E-state index in [1.54, 1.807) is 6.20 Å². The highest BCUT2D eigenvalue weighted by atomic mass is 16.1. The SMILES string of the molecule is Cc1ccnn1Cc1cc(C(=O)NCCN(C)c2ccccc2)c2ccccc2n1. The minimum absolute atomic E-state index is 0.0894. The Morgan fingerprint density at radius 3 is 2.60 bits per heavy atom. The van der Waals surface area contributed by atoms with Crippen LogP contribution < -0.4 is 10.2 Å². The Labute approximate surface area is 176 Å². The molecule has 6 nitrogen and oxygen atoms in total. The molecule has 6 heteroatoms. The standard InChI is InChI=1S/C24H25N5O/c1-18-12-13-26-29(18)17-19-16-22(21-10-6-7-11-23(21)27-19)24(30)25-14-15-28(2)20-8-4-3-5-9-20/h3-13,16H,14-15,17H2,1-2H3,(H,25,30). The zero-order valence-corrected chi connectivity index (χ0v) is 17.2. The van der Waals surface area contributed by atoms with E-state index in [9.17, 15) is 4.79 Å². The number of para-hydroxylation sites is 2. The van der Waals surface area contributed by atoms with Crippen LogP contribution in [0.15, 0.2) is 72.9 Å². The van der Waals surface area contributed by atoms with Crippen LogP contribution in [-0.4, -0.2) is 40.8 Å². The van der Waals surface area contributed by atoms with Crippen LogP contribution in [0, 0.1) is 6.92 Å². The lowest BCUT2D eigenvalue weighted by atomic mass is 10.1. The monoisotopic (exact) mass is 399 g/mol. The van der Waals surface area contributed by atoms with Gasteiger partial charge in [0.2, 0.25) is 0 Å². The molecule has 2 aromatic heterocycles. The first-order chi connectivity index (χ1) is 14.6. The topological polar surface area (TPSA) is 63.1 Å². The number of carbonyl (C=O) groups excluding carboxylic acids is 1. The van der Waals surface area contributed by atoms with E-state index in [4.69, 9.17) is 4.98 Å². The first kappa shape index (κ1) is 19.6. The minimum Gasteiger partial charge on any atom is -0.373 e. The molecule has 0 unspecified atom stereocenters. The molecule has 2 heterocycles. The summed E-state index contributed by atoms with van der Waals surface area (Å²) >= 11 is 0. The maximum Gasteiger partial charge on any atom is 0.252 e. The second-order valence-electron chi connectivity index (χ2n) is 7.32. The van der Waals surface area contributed by atoms with Gasteiger partial charge in [-0.1, -0.05) is 36.4 Å². The number of aryl methyl sites for hydroxylation is 1. The molecule has 1 amide bonds. The number of rotatable bonds is 7. The number of hydrogen-bond acceptors (Lipinski definition) is 4. The number of pyridine rings is 1. The summed E-state index contributed by atoms with van der Waals surface area (Å²) in [6, 6.07) is 21.7. The van der Waals surface area contributed by atoms with Crippen LogP contribution >= 0.6 is 0 Å². The molecule has 30 heavy (non-hydrogen) atoms. The smallest absolute Gasteiger partial charge is 0.252 e. The van der Waals surface area contributed by atoms with Crippen LogP contribution in [0.5, 0.6) is 0 Å². The fourth-order valence-electron chi connectivity index (χ4n) is 3.46. The molecule has 0 atom stereocenters. The van der Waals surface area contributed by atoms with Crippen LogP contribution in [-0.2, 0) is 6.54 Å². The molecular formula is C24H25N5O. The van der Waals surface area contributed by atoms with Crippen LogP contribution in [0.3, 0.4) is 0 Å². The highest BCUT2D eigenvalue weighted by Crippen LogP contribution is 2.19. The number of amides is 1. The summed E-state index contributed by atoms with van der Waals surface area (Å²) in [7, 11) is 2.02. The number of aromatic nitrogens is 3. The van der Waals surface area contributed by atoms with Crippen molar-refractivity contribution in [2.24, 2.45) is 0 Å².